The standard InChI is InChI=1S/C11H17N3OS/c1-15-6-9-12-11(16-14-9)13-10(7-2-3-7)8-4-5-8/h7-8,10H,2-6H2,1H3,(H,12,13,14). The van der Waals surface area contributed by atoms with Gasteiger partial charge in [0.2, 0.25) is 5.13 Å². The Morgan fingerprint density at radius 2 is 2.06 bits per heavy atom. The summed E-state index contributed by atoms with van der Waals surface area (Å²) in [5.41, 5.74) is 0. The Morgan fingerprint density at radius 1 is 1.38 bits per heavy atom. The van der Waals surface area contributed by atoms with Crippen LogP contribution in [0, 0.1) is 11.8 Å². The van der Waals surface area contributed by atoms with Crippen LogP contribution in [-0.4, -0.2) is 22.5 Å². The van der Waals surface area contributed by atoms with E-state index < -0.39 is 0 Å². The summed E-state index contributed by atoms with van der Waals surface area (Å²) in [6.45, 7) is 0.510. The Bertz CT molecular complexity index is 348. The van der Waals surface area contributed by atoms with E-state index in [0.717, 1.165) is 22.8 Å². The van der Waals surface area contributed by atoms with Crippen LogP contribution in [-0.2, 0) is 11.3 Å². The molecule has 0 bridgehead atoms. The number of hydrogen-bond acceptors (Lipinski definition) is 5. The molecule has 1 aromatic rings. The Labute approximate surface area is 99.6 Å². The average Bonchev–Trinajstić information content (AvgIpc) is 3.17. The summed E-state index contributed by atoms with van der Waals surface area (Å²) in [4.78, 5) is 4.43. The lowest BCUT2D eigenvalue weighted by molar-refractivity contribution is 0.179. The summed E-state index contributed by atoms with van der Waals surface area (Å²) in [7, 11) is 1.67. The van der Waals surface area contributed by atoms with E-state index in [1.165, 1.54) is 37.2 Å². The van der Waals surface area contributed by atoms with Crippen molar-refractivity contribution in [3.8, 4) is 0 Å². The molecular formula is C11H17N3OS. The molecule has 88 valence electrons. The first kappa shape index (κ1) is 10.5. The molecule has 2 aliphatic rings. The highest BCUT2D eigenvalue weighted by molar-refractivity contribution is 7.09. The fourth-order valence-electron chi connectivity index (χ4n) is 2.17. The fourth-order valence-corrected chi connectivity index (χ4v) is 2.79. The van der Waals surface area contributed by atoms with Crippen molar-refractivity contribution < 1.29 is 4.74 Å². The maximum atomic E-state index is 5.02. The minimum atomic E-state index is 0.510. The smallest absolute Gasteiger partial charge is 0.202 e. The van der Waals surface area contributed by atoms with Crippen LogP contribution in [0.1, 0.15) is 31.5 Å². The molecule has 5 heteroatoms. The second-order valence-electron chi connectivity index (χ2n) is 4.79. The van der Waals surface area contributed by atoms with Gasteiger partial charge in [-0.15, -0.1) is 0 Å². The van der Waals surface area contributed by atoms with Crippen LogP contribution in [0.5, 0.6) is 0 Å². The molecule has 0 aliphatic heterocycles. The lowest BCUT2D eigenvalue weighted by atomic mass is 10.1. The van der Waals surface area contributed by atoms with Crippen molar-refractivity contribution in [1.29, 1.82) is 0 Å². The largest absolute Gasteiger partial charge is 0.377 e. The van der Waals surface area contributed by atoms with Crippen molar-refractivity contribution in [2.45, 2.75) is 38.3 Å². The van der Waals surface area contributed by atoms with Gasteiger partial charge >= 0.3 is 0 Å². The highest BCUT2D eigenvalue weighted by Crippen LogP contribution is 2.45. The van der Waals surface area contributed by atoms with Crippen molar-refractivity contribution in [3.05, 3.63) is 5.82 Å². The summed E-state index contributed by atoms with van der Waals surface area (Å²) in [6.07, 6.45) is 5.55. The quantitative estimate of drug-likeness (QED) is 0.827. The molecule has 0 saturated heterocycles. The molecule has 2 aliphatic carbocycles. The molecule has 16 heavy (non-hydrogen) atoms. The van der Waals surface area contributed by atoms with Crippen molar-refractivity contribution >= 4 is 16.7 Å². The van der Waals surface area contributed by atoms with Crippen molar-refractivity contribution in [1.82, 2.24) is 9.36 Å². The van der Waals surface area contributed by atoms with Crippen molar-refractivity contribution in [2.75, 3.05) is 12.4 Å². The monoisotopic (exact) mass is 239 g/mol. The molecular weight excluding hydrogens is 222 g/mol. The van der Waals surface area contributed by atoms with Crippen molar-refractivity contribution in [2.24, 2.45) is 11.8 Å². The van der Waals surface area contributed by atoms with Gasteiger partial charge in [0.1, 0.15) is 6.61 Å². The van der Waals surface area contributed by atoms with Crippen LogP contribution in [0.4, 0.5) is 5.13 Å². The molecule has 0 unspecified atom stereocenters. The normalized spacial score (nSPS) is 20.4. The molecule has 0 radical (unpaired) electrons. The third kappa shape index (κ3) is 2.35. The van der Waals surface area contributed by atoms with E-state index in [0.29, 0.717) is 12.6 Å². The van der Waals surface area contributed by atoms with Gasteiger partial charge in [-0.2, -0.15) is 4.37 Å². The molecule has 0 amide bonds. The fraction of sp³-hybridized carbons (Fsp3) is 0.818. The van der Waals surface area contributed by atoms with E-state index in [1.807, 2.05) is 0 Å². The van der Waals surface area contributed by atoms with E-state index in [-0.39, 0.29) is 0 Å². The van der Waals surface area contributed by atoms with Gasteiger partial charge in [0.25, 0.3) is 0 Å². The highest BCUT2D eigenvalue weighted by atomic mass is 32.1. The SMILES string of the molecule is COCc1nsc(NC(C2CC2)C2CC2)n1. The zero-order chi connectivity index (χ0) is 11.0. The second kappa shape index (κ2) is 4.30. The van der Waals surface area contributed by atoms with E-state index in [9.17, 15) is 0 Å². The third-order valence-corrected chi connectivity index (χ3v) is 3.98. The van der Waals surface area contributed by atoms with E-state index in [4.69, 9.17) is 4.74 Å². The number of ether oxygens (including phenoxy) is 1. The lowest BCUT2D eigenvalue weighted by Gasteiger charge is -2.15. The first-order chi connectivity index (χ1) is 7.86. The number of anilines is 1. The second-order valence-corrected chi connectivity index (χ2v) is 5.55. The van der Waals surface area contributed by atoms with E-state index in [2.05, 4.69) is 14.7 Å². The maximum Gasteiger partial charge on any atom is 0.202 e. The van der Waals surface area contributed by atoms with Gasteiger partial charge in [0.15, 0.2) is 5.82 Å². The van der Waals surface area contributed by atoms with Gasteiger partial charge in [0.05, 0.1) is 0 Å². The van der Waals surface area contributed by atoms with Crippen LogP contribution in [0.2, 0.25) is 0 Å². The Kier molecular flexibility index (Phi) is 2.81. The maximum absolute atomic E-state index is 5.02. The highest BCUT2D eigenvalue weighted by Gasteiger charge is 2.41. The van der Waals surface area contributed by atoms with Gasteiger partial charge in [0, 0.05) is 24.7 Å². The molecule has 2 fully saturated rings. The van der Waals surface area contributed by atoms with Crippen molar-refractivity contribution in [3.63, 3.8) is 0 Å². The predicted octanol–water partition coefficient (Wildman–Crippen LogP) is 2.29. The number of rotatable bonds is 6. The van der Waals surface area contributed by atoms with Gasteiger partial charge in [-0.25, -0.2) is 4.98 Å². The average molecular weight is 239 g/mol. The number of hydrogen-bond donors (Lipinski definition) is 1. The number of methoxy groups -OCH3 is 1. The molecule has 4 nitrogen and oxygen atoms in total. The van der Waals surface area contributed by atoms with Crippen LogP contribution in [0.3, 0.4) is 0 Å². The Morgan fingerprint density at radius 3 is 2.62 bits per heavy atom. The zero-order valence-corrected chi connectivity index (χ0v) is 10.3. The summed E-state index contributed by atoms with van der Waals surface area (Å²) in [5, 5.41) is 4.54. The van der Waals surface area contributed by atoms with Gasteiger partial charge in [-0.3, -0.25) is 0 Å². The molecule has 3 rings (SSSR count). The molecule has 0 aromatic carbocycles. The molecule has 1 N–H and O–H groups in total. The minimum Gasteiger partial charge on any atom is -0.377 e. The minimum absolute atomic E-state index is 0.510. The first-order valence-corrected chi connectivity index (χ1v) is 6.72. The first-order valence-electron chi connectivity index (χ1n) is 5.95. The van der Waals surface area contributed by atoms with E-state index >= 15 is 0 Å². The molecule has 1 heterocycles. The summed E-state index contributed by atoms with van der Waals surface area (Å²) < 4.78 is 9.28. The zero-order valence-electron chi connectivity index (χ0n) is 9.48. The summed E-state index contributed by atoms with van der Waals surface area (Å²) in [5.74, 6) is 2.57. The van der Waals surface area contributed by atoms with Gasteiger partial charge in [-0.05, 0) is 37.5 Å². The molecule has 0 spiro atoms. The number of nitrogens with zero attached hydrogens (tertiary/aromatic N) is 2. The predicted molar refractivity (Wildman–Crippen MR) is 63.5 cm³/mol. The Hall–Kier alpha value is -0.680. The third-order valence-electron chi connectivity index (χ3n) is 3.29. The molecule has 2 saturated carbocycles. The Balaban J connectivity index is 1.62. The molecule has 1 aromatic heterocycles. The topological polar surface area (TPSA) is 47.0 Å². The number of nitrogens with one attached hydrogen (secondary N) is 1. The van der Waals surface area contributed by atoms with Crippen LogP contribution < -0.4 is 5.32 Å². The van der Waals surface area contributed by atoms with Crippen LogP contribution >= 0.6 is 11.5 Å². The van der Waals surface area contributed by atoms with Crippen LogP contribution in [0.15, 0.2) is 0 Å². The molecule has 0 atom stereocenters. The summed E-state index contributed by atoms with van der Waals surface area (Å²) in [6, 6.07) is 0.656. The summed E-state index contributed by atoms with van der Waals surface area (Å²) >= 11 is 1.46. The van der Waals surface area contributed by atoms with Gasteiger partial charge in [-0.1, -0.05) is 0 Å². The van der Waals surface area contributed by atoms with E-state index in [1.54, 1.807) is 7.11 Å². The van der Waals surface area contributed by atoms with Crippen LogP contribution in [0.25, 0.3) is 0 Å². The van der Waals surface area contributed by atoms with Gasteiger partial charge < -0.3 is 10.1 Å². The lowest BCUT2D eigenvalue weighted by Crippen LogP contribution is -2.24. The number of aromatic nitrogens is 2.